The van der Waals surface area contributed by atoms with Crippen LogP contribution in [0.25, 0.3) is 0 Å². The summed E-state index contributed by atoms with van der Waals surface area (Å²) in [6.45, 7) is 1.93. The molecule has 0 bridgehead atoms. The molecule has 0 aliphatic heterocycles. The number of nitriles is 1. The average Bonchev–Trinajstić information content (AvgIpc) is 3.66. The number of hydrogen-bond donors (Lipinski definition) is 2. The fraction of sp³-hybridized carbons (Fsp3) is 0.192. The smallest absolute Gasteiger partial charge is 0.252 e. The molecule has 0 heterocycles. The lowest BCUT2D eigenvalue weighted by atomic mass is 10.1. The number of amides is 2. The Kier molecular flexibility index (Phi) is 6.58. The van der Waals surface area contributed by atoms with Crippen molar-refractivity contribution in [2.45, 2.75) is 35.6 Å². The number of benzene rings is 3. The molecule has 2 N–H and O–H groups in total. The number of rotatable bonds is 7. The standard InChI is InChI=1S/C26H23N3O2S/c1-17(18-12-14-21(15-13-18)29-25(30)19-10-11-19)28-26(31)22-7-3-5-9-24(22)32-23-8-4-2-6-20(23)16-27/h2-9,12-15,17,19H,10-11H2,1H3,(H,28,31)(H,29,30). The van der Waals surface area contributed by atoms with Crippen molar-refractivity contribution in [3.63, 3.8) is 0 Å². The zero-order chi connectivity index (χ0) is 22.5. The number of hydrogen-bond acceptors (Lipinski definition) is 4. The van der Waals surface area contributed by atoms with Gasteiger partial charge in [0.25, 0.3) is 5.91 Å². The Labute approximate surface area is 191 Å². The van der Waals surface area contributed by atoms with Crippen molar-refractivity contribution in [2.75, 3.05) is 5.32 Å². The van der Waals surface area contributed by atoms with Gasteiger partial charge < -0.3 is 10.6 Å². The van der Waals surface area contributed by atoms with Gasteiger partial charge in [-0.2, -0.15) is 5.26 Å². The highest BCUT2D eigenvalue weighted by Crippen LogP contribution is 2.33. The van der Waals surface area contributed by atoms with Crippen LogP contribution in [0.2, 0.25) is 0 Å². The third-order valence-electron chi connectivity index (χ3n) is 5.33. The molecule has 6 heteroatoms. The van der Waals surface area contributed by atoms with E-state index in [1.807, 2.05) is 67.6 Å². The Morgan fingerprint density at radius 1 is 0.969 bits per heavy atom. The maximum absolute atomic E-state index is 13.0. The topological polar surface area (TPSA) is 82.0 Å². The Morgan fingerprint density at radius 3 is 2.31 bits per heavy atom. The molecular formula is C26H23N3O2S. The summed E-state index contributed by atoms with van der Waals surface area (Å²) in [6.07, 6.45) is 1.93. The van der Waals surface area contributed by atoms with Crippen LogP contribution in [-0.2, 0) is 4.79 Å². The fourth-order valence-corrected chi connectivity index (χ4v) is 4.34. The average molecular weight is 442 g/mol. The summed E-state index contributed by atoms with van der Waals surface area (Å²) >= 11 is 1.41. The van der Waals surface area contributed by atoms with Gasteiger partial charge in [-0.25, -0.2) is 0 Å². The first-order chi connectivity index (χ1) is 15.5. The summed E-state index contributed by atoms with van der Waals surface area (Å²) in [5.41, 5.74) is 2.85. The van der Waals surface area contributed by atoms with E-state index < -0.39 is 0 Å². The van der Waals surface area contributed by atoms with Gasteiger partial charge >= 0.3 is 0 Å². The molecule has 160 valence electrons. The third kappa shape index (κ3) is 5.19. The normalized spacial score (nSPS) is 13.6. The number of nitrogens with zero attached hydrogens (tertiary/aromatic N) is 1. The molecule has 0 aromatic heterocycles. The molecule has 3 aromatic carbocycles. The van der Waals surface area contributed by atoms with E-state index >= 15 is 0 Å². The second-order valence-corrected chi connectivity index (χ2v) is 8.87. The Balaban J connectivity index is 1.44. The summed E-state index contributed by atoms with van der Waals surface area (Å²) in [6, 6.07) is 24.3. The van der Waals surface area contributed by atoms with E-state index in [2.05, 4.69) is 16.7 Å². The maximum atomic E-state index is 13.0. The summed E-state index contributed by atoms with van der Waals surface area (Å²) in [7, 11) is 0. The lowest BCUT2D eigenvalue weighted by Gasteiger charge is -2.17. The van der Waals surface area contributed by atoms with Crippen LogP contribution in [0.3, 0.4) is 0 Å². The molecule has 5 nitrogen and oxygen atoms in total. The first-order valence-electron chi connectivity index (χ1n) is 10.5. The van der Waals surface area contributed by atoms with E-state index in [0.29, 0.717) is 11.1 Å². The number of anilines is 1. The molecule has 1 aliphatic carbocycles. The Morgan fingerprint density at radius 2 is 1.62 bits per heavy atom. The predicted molar refractivity (Wildman–Crippen MR) is 125 cm³/mol. The van der Waals surface area contributed by atoms with E-state index in [1.165, 1.54) is 11.8 Å². The van der Waals surface area contributed by atoms with Gasteiger partial charge in [-0.15, -0.1) is 0 Å². The molecule has 1 fully saturated rings. The van der Waals surface area contributed by atoms with Gasteiger partial charge in [-0.3, -0.25) is 9.59 Å². The van der Waals surface area contributed by atoms with Crippen molar-refractivity contribution in [1.82, 2.24) is 5.32 Å². The lowest BCUT2D eigenvalue weighted by molar-refractivity contribution is -0.117. The molecule has 0 radical (unpaired) electrons. The molecule has 0 saturated heterocycles. The van der Waals surface area contributed by atoms with Gasteiger partial charge in [0, 0.05) is 21.4 Å². The van der Waals surface area contributed by atoms with Crippen molar-refractivity contribution in [3.05, 3.63) is 89.5 Å². The van der Waals surface area contributed by atoms with Gasteiger partial charge in [-0.05, 0) is 61.7 Å². The van der Waals surface area contributed by atoms with Crippen molar-refractivity contribution < 1.29 is 9.59 Å². The SMILES string of the molecule is CC(NC(=O)c1ccccc1Sc1ccccc1C#N)c1ccc(NC(=O)C2CC2)cc1. The van der Waals surface area contributed by atoms with Crippen molar-refractivity contribution >= 4 is 29.3 Å². The van der Waals surface area contributed by atoms with Crippen LogP contribution in [0.5, 0.6) is 0 Å². The van der Waals surface area contributed by atoms with Crippen LogP contribution in [0.1, 0.15) is 47.3 Å². The fourth-order valence-electron chi connectivity index (χ4n) is 3.31. The van der Waals surface area contributed by atoms with E-state index in [4.69, 9.17) is 0 Å². The minimum Gasteiger partial charge on any atom is -0.345 e. The molecule has 32 heavy (non-hydrogen) atoms. The van der Waals surface area contributed by atoms with Crippen molar-refractivity contribution in [3.8, 4) is 6.07 Å². The van der Waals surface area contributed by atoms with Crippen LogP contribution in [0, 0.1) is 17.2 Å². The van der Waals surface area contributed by atoms with Gasteiger partial charge in [-0.1, -0.05) is 48.2 Å². The Bertz CT molecular complexity index is 1180. The van der Waals surface area contributed by atoms with Gasteiger partial charge in [0.2, 0.25) is 5.91 Å². The molecular weight excluding hydrogens is 418 g/mol. The highest BCUT2D eigenvalue weighted by molar-refractivity contribution is 7.99. The molecule has 1 atom stereocenters. The molecule has 4 rings (SSSR count). The number of carbonyl (C=O) groups is 2. The van der Waals surface area contributed by atoms with E-state index in [0.717, 1.165) is 33.9 Å². The molecule has 3 aromatic rings. The summed E-state index contributed by atoms with van der Waals surface area (Å²) < 4.78 is 0. The zero-order valence-electron chi connectivity index (χ0n) is 17.7. The van der Waals surface area contributed by atoms with Gasteiger partial charge in [0.05, 0.1) is 17.2 Å². The minimum atomic E-state index is -0.208. The molecule has 1 aliphatic rings. The number of nitrogens with one attached hydrogen (secondary N) is 2. The van der Waals surface area contributed by atoms with Crippen LogP contribution >= 0.6 is 11.8 Å². The summed E-state index contributed by atoms with van der Waals surface area (Å²) in [5.74, 6) is 0.0540. The molecule has 2 amide bonds. The first kappa shape index (κ1) is 21.7. The van der Waals surface area contributed by atoms with E-state index in [-0.39, 0.29) is 23.8 Å². The maximum Gasteiger partial charge on any atom is 0.252 e. The van der Waals surface area contributed by atoms with Crippen LogP contribution in [-0.4, -0.2) is 11.8 Å². The van der Waals surface area contributed by atoms with E-state index in [1.54, 1.807) is 12.1 Å². The van der Waals surface area contributed by atoms with Crippen LogP contribution in [0.4, 0.5) is 5.69 Å². The van der Waals surface area contributed by atoms with E-state index in [9.17, 15) is 14.9 Å². The highest BCUT2D eigenvalue weighted by atomic mass is 32.2. The summed E-state index contributed by atoms with van der Waals surface area (Å²) in [4.78, 5) is 26.6. The third-order valence-corrected chi connectivity index (χ3v) is 6.48. The van der Waals surface area contributed by atoms with Crippen LogP contribution in [0.15, 0.2) is 82.6 Å². The minimum absolute atomic E-state index is 0.0752. The van der Waals surface area contributed by atoms with Gasteiger partial charge in [0.1, 0.15) is 6.07 Å². The molecule has 1 saturated carbocycles. The van der Waals surface area contributed by atoms with Crippen molar-refractivity contribution in [2.24, 2.45) is 5.92 Å². The quantitative estimate of drug-likeness (QED) is 0.504. The monoisotopic (exact) mass is 441 g/mol. The largest absolute Gasteiger partial charge is 0.345 e. The highest BCUT2D eigenvalue weighted by Gasteiger charge is 2.29. The van der Waals surface area contributed by atoms with Gasteiger partial charge in [0.15, 0.2) is 0 Å². The summed E-state index contributed by atoms with van der Waals surface area (Å²) in [5, 5.41) is 15.3. The van der Waals surface area contributed by atoms with Crippen molar-refractivity contribution in [1.29, 1.82) is 5.26 Å². The molecule has 1 unspecified atom stereocenters. The second kappa shape index (κ2) is 9.71. The first-order valence-corrected chi connectivity index (χ1v) is 11.3. The lowest BCUT2D eigenvalue weighted by Crippen LogP contribution is -2.27. The Hall–Kier alpha value is -3.56. The molecule has 0 spiro atoms. The van der Waals surface area contributed by atoms with Crippen LogP contribution < -0.4 is 10.6 Å². The predicted octanol–water partition coefficient (Wildman–Crippen LogP) is 5.55. The second-order valence-electron chi connectivity index (χ2n) is 7.79. The zero-order valence-corrected chi connectivity index (χ0v) is 18.5. The number of carbonyl (C=O) groups excluding carboxylic acids is 2.